The molecule has 0 aliphatic carbocycles. The van der Waals surface area contributed by atoms with E-state index in [1.54, 1.807) is 7.11 Å². The van der Waals surface area contributed by atoms with Gasteiger partial charge in [0.2, 0.25) is 5.91 Å². The van der Waals surface area contributed by atoms with Gasteiger partial charge in [0, 0.05) is 37.6 Å². The number of unbranched alkanes of at least 4 members (excludes halogenated alkanes) is 1. The highest BCUT2D eigenvalue weighted by Crippen LogP contribution is 2.30. The van der Waals surface area contributed by atoms with Crippen LogP contribution >= 0.6 is 15.9 Å². The van der Waals surface area contributed by atoms with E-state index >= 15 is 0 Å². The molecule has 0 saturated heterocycles. The Labute approximate surface area is 138 Å². The summed E-state index contributed by atoms with van der Waals surface area (Å²) in [6.07, 6.45) is 2.21. The van der Waals surface area contributed by atoms with Gasteiger partial charge in [-0.05, 0) is 30.0 Å². The number of carbonyl (C=O) groups is 2. The summed E-state index contributed by atoms with van der Waals surface area (Å²) >= 11 is 3.46. The number of halogens is 1. The first-order chi connectivity index (χ1) is 10.5. The lowest BCUT2D eigenvalue weighted by Crippen LogP contribution is -2.48. The van der Waals surface area contributed by atoms with Gasteiger partial charge in [-0.1, -0.05) is 28.1 Å². The topological polar surface area (TPSA) is 66.8 Å². The number of carboxylic acids is 1. The van der Waals surface area contributed by atoms with Crippen LogP contribution in [0, 0.1) is 0 Å². The first-order valence-corrected chi connectivity index (χ1v) is 8.11. The average molecular weight is 370 g/mol. The monoisotopic (exact) mass is 369 g/mol. The fourth-order valence-electron chi connectivity index (χ4n) is 2.73. The SMILES string of the molecule is COCCCCC(=O)N1Cc2cccc(Br)c2CC1C(=O)O. The maximum absolute atomic E-state index is 12.4. The van der Waals surface area contributed by atoms with Gasteiger partial charge in [-0.3, -0.25) is 4.79 Å². The molecule has 1 aliphatic rings. The van der Waals surface area contributed by atoms with Gasteiger partial charge >= 0.3 is 5.97 Å². The molecule has 1 N–H and O–H groups in total. The zero-order valence-corrected chi connectivity index (χ0v) is 14.1. The van der Waals surface area contributed by atoms with Gasteiger partial charge in [-0.15, -0.1) is 0 Å². The average Bonchev–Trinajstić information content (AvgIpc) is 2.50. The van der Waals surface area contributed by atoms with Crippen LogP contribution in [-0.2, 0) is 27.3 Å². The molecule has 1 amide bonds. The maximum atomic E-state index is 12.4. The highest BCUT2D eigenvalue weighted by molar-refractivity contribution is 9.10. The molecule has 0 bridgehead atoms. The van der Waals surface area contributed by atoms with Crippen molar-refractivity contribution in [1.82, 2.24) is 4.90 Å². The van der Waals surface area contributed by atoms with E-state index in [1.165, 1.54) is 4.90 Å². The number of methoxy groups -OCH3 is 1. The number of benzene rings is 1. The normalized spacial score (nSPS) is 17.2. The molecular formula is C16H20BrNO4. The Morgan fingerprint density at radius 1 is 1.41 bits per heavy atom. The van der Waals surface area contributed by atoms with Crippen LogP contribution < -0.4 is 0 Å². The number of hydrogen-bond donors (Lipinski definition) is 1. The molecule has 0 aromatic heterocycles. The number of fused-ring (bicyclic) bond motifs is 1. The van der Waals surface area contributed by atoms with Gasteiger partial charge in [0.25, 0.3) is 0 Å². The van der Waals surface area contributed by atoms with Crippen molar-refractivity contribution in [3.05, 3.63) is 33.8 Å². The van der Waals surface area contributed by atoms with E-state index in [-0.39, 0.29) is 5.91 Å². The standard InChI is InChI=1S/C16H20BrNO4/c1-22-8-3-2-7-15(19)18-10-11-5-4-6-13(17)12(11)9-14(18)16(20)21/h4-6,14H,2-3,7-10H2,1H3,(H,20,21). The second-order valence-corrected chi connectivity index (χ2v) is 6.26. The van der Waals surface area contributed by atoms with Gasteiger partial charge < -0.3 is 14.7 Å². The number of ether oxygens (including phenoxy) is 1. The molecule has 5 nitrogen and oxygen atoms in total. The molecule has 1 aromatic carbocycles. The summed E-state index contributed by atoms with van der Waals surface area (Å²) in [5, 5.41) is 9.45. The van der Waals surface area contributed by atoms with Crippen LogP contribution in [-0.4, -0.2) is 41.6 Å². The Morgan fingerprint density at radius 3 is 2.86 bits per heavy atom. The lowest BCUT2D eigenvalue weighted by molar-refractivity contribution is -0.151. The number of rotatable bonds is 6. The van der Waals surface area contributed by atoms with Crippen molar-refractivity contribution in [1.29, 1.82) is 0 Å². The summed E-state index contributed by atoms with van der Waals surface area (Å²) in [6.45, 7) is 0.972. The number of nitrogens with zero attached hydrogens (tertiary/aromatic N) is 1. The van der Waals surface area contributed by atoms with Gasteiger partial charge in [0.1, 0.15) is 6.04 Å². The van der Waals surface area contributed by atoms with Crippen LogP contribution in [0.3, 0.4) is 0 Å². The van der Waals surface area contributed by atoms with Crippen LogP contribution in [0.1, 0.15) is 30.4 Å². The molecule has 1 aliphatic heterocycles. The Bertz CT molecular complexity index is 561. The molecule has 0 fully saturated rings. The number of hydrogen-bond acceptors (Lipinski definition) is 3. The fraction of sp³-hybridized carbons (Fsp3) is 0.500. The molecule has 22 heavy (non-hydrogen) atoms. The molecule has 120 valence electrons. The number of carboxylic acid groups (broad SMARTS) is 1. The van der Waals surface area contributed by atoms with Gasteiger partial charge in [-0.2, -0.15) is 0 Å². The minimum absolute atomic E-state index is 0.103. The van der Waals surface area contributed by atoms with Crippen LogP contribution in [0.5, 0.6) is 0 Å². The molecular weight excluding hydrogens is 350 g/mol. The molecule has 0 spiro atoms. The molecule has 1 heterocycles. The van der Waals surface area contributed by atoms with E-state index < -0.39 is 12.0 Å². The zero-order chi connectivity index (χ0) is 16.1. The van der Waals surface area contributed by atoms with Crippen molar-refractivity contribution in [3.8, 4) is 0 Å². The maximum Gasteiger partial charge on any atom is 0.326 e. The predicted octanol–water partition coefficient (Wildman–Crippen LogP) is 2.60. The van der Waals surface area contributed by atoms with Crippen LogP contribution in [0.4, 0.5) is 0 Å². The summed E-state index contributed by atoms with van der Waals surface area (Å²) < 4.78 is 5.87. The van der Waals surface area contributed by atoms with E-state index in [4.69, 9.17) is 4.74 Å². The van der Waals surface area contributed by atoms with E-state index in [0.717, 1.165) is 22.0 Å². The first kappa shape index (κ1) is 17.0. The lowest BCUT2D eigenvalue weighted by Gasteiger charge is -2.35. The van der Waals surface area contributed by atoms with Crippen LogP contribution in [0.15, 0.2) is 22.7 Å². The fourth-order valence-corrected chi connectivity index (χ4v) is 3.30. The van der Waals surface area contributed by atoms with E-state index in [1.807, 2.05) is 18.2 Å². The van der Waals surface area contributed by atoms with Gasteiger partial charge in [0.05, 0.1) is 0 Å². The van der Waals surface area contributed by atoms with Crippen molar-refractivity contribution in [2.24, 2.45) is 0 Å². The predicted molar refractivity (Wildman–Crippen MR) is 85.5 cm³/mol. The number of amides is 1. The summed E-state index contributed by atoms with van der Waals surface area (Å²) in [6, 6.07) is 4.97. The molecule has 1 atom stereocenters. The first-order valence-electron chi connectivity index (χ1n) is 7.32. The molecule has 0 saturated carbocycles. The zero-order valence-electron chi connectivity index (χ0n) is 12.5. The highest BCUT2D eigenvalue weighted by atomic mass is 79.9. The second-order valence-electron chi connectivity index (χ2n) is 5.41. The smallest absolute Gasteiger partial charge is 0.326 e. The second kappa shape index (κ2) is 7.74. The summed E-state index contributed by atoms with van der Waals surface area (Å²) in [7, 11) is 1.63. The molecule has 1 aromatic rings. The number of aliphatic carboxylic acids is 1. The van der Waals surface area contributed by atoms with E-state index in [9.17, 15) is 14.7 Å². The van der Waals surface area contributed by atoms with Crippen LogP contribution in [0.2, 0.25) is 0 Å². The van der Waals surface area contributed by atoms with Gasteiger partial charge in [0.15, 0.2) is 0 Å². The summed E-state index contributed by atoms with van der Waals surface area (Å²) in [5.74, 6) is -1.05. The number of carbonyl (C=O) groups excluding carboxylic acids is 1. The van der Waals surface area contributed by atoms with Crippen LogP contribution in [0.25, 0.3) is 0 Å². The molecule has 2 rings (SSSR count). The van der Waals surface area contributed by atoms with Crippen molar-refractivity contribution >= 4 is 27.8 Å². The Balaban J connectivity index is 2.12. The third-order valence-corrected chi connectivity index (χ3v) is 4.67. The van der Waals surface area contributed by atoms with E-state index in [0.29, 0.717) is 32.4 Å². The lowest BCUT2D eigenvalue weighted by atomic mass is 9.93. The van der Waals surface area contributed by atoms with Gasteiger partial charge in [-0.25, -0.2) is 4.79 Å². The highest BCUT2D eigenvalue weighted by Gasteiger charge is 2.34. The van der Waals surface area contributed by atoms with Crippen molar-refractivity contribution in [3.63, 3.8) is 0 Å². The van der Waals surface area contributed by atoms with Crippen molar-refractivity contribution in [2.45, 2.75) is 38.3 Å². The Kier molecular flexibility index (Phi) is 5.97. The minimum atomic E-state index is -0.952. The van der Waals surface area contributed by atoms with Crippen molar-refractivity contribution in [2.75, 3.05) is 13.7 Å². The third-order valence-electron chi connectivity index (χ3n) is 3.92. The summed E-state index contributed by atoms with van der Waals surface area (Å²) in [4.78, 5) is 25.4. The summed E-state index contributed by atoms with van der Waals surface area (Å²) in [5.41, 5.74) is 2.00. The molecule has 0 radical (unpaired) electrons. The minimum Gasteiger partial charge on any atom is -0.480 e. The molecule has 6 heteroatoms. The Hall–Kier alpha value is -1.40. The largest absolute Gasteiger partial charge is 0.480 e. The third kappa shape index (κ3) is 3.87. The quantitative estimate of drug-likeness (QED) is 0.782. The van der Waals surface area contributed by atoms with Crippen molar-refractivity contribution < 1.29 is 19.4 Å². The van der Waals surface area contributed by atoms with E-state index in [2.05, 4.69) is 15.9 Å². The molecule has 1 unspecified atom stereocenters. The Morgan fingerprint density at radius 2 is 2.18 bits per heavy atom.